The lowest BCUT2D eigenvalue weighted by Gasteiger charge is -2.30. The number of carbonyl (C=O) groups is 2. The van der Waals surface area contributed by atoms with Crippen LogP contribution in [-0.4, -0.2) is 79.4 Å². The third kappa shape index (κ3) is 8.13. The third-order valence-electron chi connectivity index (χ3n) is 8.93. The molecule has 5 rings (SSSR count). The van der Waals surface area contributed by atoms with Gasteiger partial charge in [-0.15, -0.1) is 0 Å². The average Bonchev–Trinajstić information content (AvgIpc) is 3.55. The molecule has 0 saturated carbocycles. The van der Waals surface area contributed by atoms with E-state index in [1.54, 1.807) is 11.0 Å². The van der Waals surface area contributed by atoms with Gasteiger partial charge in [0, 0.05) is 51.0 Å². The normalized spacial score (nSPS) is 20.4. The number of amides is 2. The number of hydrogen-bond donors (Lipinski definition) is 1. The van der Waals surface area contributed by atoms with Crippen LogP contribution in [0.15, 0.2) is 28.8 Å². The fourth-order valence-electron chi connectivity index (χ4n) is 5.80. The van der Waals surface area contributed by atoms with Crippen molar-refractivity contribution in [3.8, 4) is 5.75 Å². The molecular weight excluding hydrogens is 553 g/mol. The number of carbonyl (C=O) groups excluding carboxylic acids is 2. The van der Waals surface area contributed by atoms with Gasteiger partial charge in [-0.3, -0.25) is 9.59 Å². The predicted octanol–water partition coefficient (Wildman–Crippen LogP) is 4.57. The Bertz CT molecular complexity index is 1270. The Kier molecular flexibility index (Phi) is 10.7. The zero-order chi connectivity index (χ0) is 30.2. The summed E-state index contributed by atoms with van der Waals surface area (Å²) in [7, 11) is 0. The predicted molar refractivity (Wildman–Crippen MR) is 160 cm³/mol. The second-order valence-electron chi connectivity index (χ2n) is 11.9. The van der Waals surface area contributed by atoms with Crippen LogP contribution >= 0.6 is 0 Å². The minimum atomic E-state index is -0.371. The van der Waals surface area contributed by atoms with Crippen LogP contribution in [0.5, 0.6) is 5.75 Å². The Morgan fingerprint density at radius 1 is 1.16 bits per heavy atom. The van der Waals surface area contributed by atoms with Gasteiger partial charge in [-0.25, -0.2) is 4.39 Å². The Morgan fingerprint density at radius 2 is 1.95 bits per heavy atom. The molecule has 3 heterocycles. The third-order valence-corrected chi connectivity index (χ3v) is 8.93. The van der Waals surface area contributed by atoms with Gasteiger partial charge in [-0.2, -0.15) is 4.98 Å². The van der Waals surface area contributed by atoms with E-state index in [0.29, 0.717) is 77.1 Å². The Balaban J connectivity index is 1.03. The Hall–Kier alpha value is -3.47. The number of hydrogen-bond acceptors (Lipinski definition) is 8. The highest BCUT2D eigenvalue weighted by Crippen LogP contribution is 2.33. The van der Waals surface area contributed by atoms with Gasteiger partial charge < -0.3 is 29.1 Å². The quantitative estimate of drug-likeness (QED) is 0.401. The molecule has 0 bridgehead atoms. The van der Waals surface area contributed by atoms with Crippen molar-refractivity contribution in [1.29, 1.82) is 0 Å². The molecule has 10 nitrogen and oxygen atoms in total. The molecule has 3 aliphatic rings. The summed E-state index contributed by atoms with van der Waals surface area (Å²) in [6, 6.07) is 5.72. The lowest BCUT2D eigenvalue weighted by Crippen LogP contribution is -2.42. The van der Waals surface area contributed by atoms with Crippen LogP contribution in [-0.2, 0) is 14.3 Å². The van der Waals surface area contributed by atoms with Gasteiger partial charge in [0.1, 0.15) is 0 Å². The molecule has 2 fully saturated rings. The molecule has 2 aromatic rings. The number of benzene rings is 1. The first-order valence-electron chi connectivity index (χ1n) is 15.7. The van der Waals surface area contributed by atoms with Gasteiger partial charge in [0.15, 0.2) is 17.4 Å². The van der Waals surface area contributed by atoms with Crippen molar-refractivity contribution >= 4 is 23.4 Å². The molecule has 2 amide bonds. The largest absolute Gasteiger partial charge is 0.490 e. The molecule has 1 aromatic heterocycles. The van der Waals surface area contributed by atoms with E-state index in [2.05, 4.69) is 34.2 Å². The van der Waals surface area contributed by atoms with E-state index >= 15 is 0 Å². The van der Waals surface area contributed by atoms with E-state index in [-0.39, 0.29) is 35.2 Å². The van der Waals surface area contributed by atoms with Gasteiger partial charge in [-0.05, 0) is 67.7 Å². The molecule has 2 unspecified atom stereocenters. The fourth-order valence-corrected chi connectivity index (χ4v) is 5.80. The van der Waals surface area contributed by atoms with Gasteiger partial charge in [0.25, 0.3) is 0 Å². The van der Waals surface area contributed by atoms with E-state index in [1.807, 2.05) is 12.1 Å². The highest BCUT2D eigenvalue weighted by Gasteiger charge is 2.26. The van der Waals surface area contributed by atoms with E-state index in [1.165, 1.54) is 6.07 Å². The minimum absolute atomic E-state index is 0.0289. The Labute approximate surface area is 253 Å². The number of piperidine rings is 1. The maximum atomic E-state index is 15.0. The second-order valence-corrected chi connectivity index (χ2v) is 11.9. The summed E-state index contributed by atoms with van der Waals surface area (Å²) in [4.78, 5) is 33.4. The summed E-state index contributed by atoms with van der Waals surface area (Å²) >= 11 is 0. The van der Waals surface area contributed by atoms with Crippen LogP contribution in [0.2, 0.25) is 0 Å². The number of morpholine rings is 1. The van der Waals surface area contributed by atoms with Crippen molar-refractivity contribution in [1.82, 2.24) is 20.4 Å². The lowest BCUT2D eigenvalue weighted by atomic mass is 9.86. The van der Waals surface area contributed by atoms with Crippen molar-refractivity contribution < 1.29 is 28.0 Å². The van der Waals surface area contributed by atoms with Crippen molar-refractivity contribution in [2.24, 2.45) is 11.8 Å². The molecule has 0 radical (unpaired) electrons. The summed E-state index contributed by atoms with van der Waals surface area (Å²) in [5.74, 6) is 1.13. The number of rotatable bonds is 11. The van der Waals surface area contributed by atoms with Crippen molar-refractivity contribution in [3.63, 3.8) is 0 Å². The van der Waals surface area contributed by atoms with Crippen LogP contribution in [0.4, 0.5) is 10.4 Å². The van der Waals surface area contributed by atoms with Crippen LogP contribution in [0.25, 0.3) is 5.57 Å². The van der Waals surface area contributed by atoms with Crippen LogP contribution in [0.1, 0.15) is 76.1 Å². The fraction of sp³-hybridized carbons (Fsp3) is 0.625. The number of halogens is 1. The first-order valence-corrected chi connectivity index (χ1v) is 15.7. The number of nitrogens with zero attached hydrogens (tertiary/aromatic N) is 4. The summed E-state index contributed by atoms with van der Waals surface area (Å²) in [5.41, 5.74) is 1.87. The standard InChI is InChI=1S/C32H44FN5O5/c1-3-22(2)30-35-32(43-36-30)38-14-11-23(12-15-38)21-42-28-9-8-26(20-27(28)33)24-4-6-25(7-5-24)31(40)34-13-10-29(39)37-16-18-41-19-17-37/h4,8-9,20,22-23,25H,3,5-7,10-19,21H2,1-2H3,(H,34,40). The summed E-state index contributed by atoms with van der Waals surface area (Å²) in [6.07, 6.45) is 7.10. The second kappa shape index (κ2) is 14.8. The molecule has 2 saturated heterocycles. The van der Waals surface area contributed by atoms with Gasteiger partial charge in [-0.1, -0.05) is 31.1 Å². The average molecular weight is 598 g/mol. The topological polar surface area (TPSA) is 110 Å². The van der Waals surface area contributed by atoms with Crippen LogP contribution in [0, 0.1) is 17.7 Å². The van der Waals surface area contributed by atoms with E-state index in [4.69, 9.17) is 14.0 Å². The first kappa shape index (κ1) is 31.0. The van der Waals surface area contributed by atoms with E-state index in [9.17, 15) is 14.0 Å². The molecule has 2 aliphatic heterocycles. The number of nitrogens with one attached hydrogen (secondary N) is 1. The molecule has 0 spiro atoms. The zero-order valence-electron chi connectivity index (χ0n) is 25.4. The molecule has 1 aliphatic carbocycles. The molecule has 1 N–H and O–H groups in total. The molecule has 11 heteroatoms. The lowest BCUT2D eigenvalue weighted by molar-refractivity contribution is -0.135. The van der Waals surface area contributed by atoms with Crippen molar-refractivity contribution in [3.05, 3.63) is 41.5 Å². The SMILES string of the molecule is CCC(C)c1noc(N2CCC(COc3ccc(C4=CCC(C(=O)NCCC(=O)N5CCOCC5)CC4)cc3F)CC2)n1. The van der Waals surface area contributed by atoms with Crippen molar-refractivity contribution in [2.75, 3.05) is 57.4 Å². The molecule has 2 atom stereocenters. The van der Waals surface area contributed by atoms with E-state index in [0.717, 1.165) is 49.3 Å². The van der Waals surface area contributed by atoms with Gasteiger partial charge >= 0.3 is 6.01 Å². The number of anilines is 1. The number of ether oxygens (including phenoxy) is 2. The molecular formula is C32H44FN5O5. The maximum Gasteiger partial charge on any atom is 0.324 e. The summed E-state index contributed by atoms with van der Waals surface area (Å²) < 4.78 is 31.6. The first-order chi connectivity index (χ1) is 20.9. The van der Waals surface area contributed by atoms with Crippen molar-refractivity contribution in [2.45, 2.75) is 64.7 Å². The van der Waals surface area contributed by atoms with E-state index < -0.39 is 0 Å². The summed E-state index contributed by atoms with van der Waals surface area (Å²) in [6.45, 7) is 8.96. The zero-order valence-corrected chi connectivity index (χ0v) is 25.4. The molecule has 1 aromatic carbocycles. The van der Waals surface area contributed by atoms with Crippen LogP contribution < -0.4 is 15.0 Å². The molecule has 43 heavy (non-hydrogen) atoms. The number of aromatic nitrogens is 2. The maximum absolute atomic E-state index is 15.0. The monoisotopic (exact) mass is 597 g/mol. The number of allylic oxidation sites excluding steroid dienone is 2. The van der Waals surface area contributed by atoms with Gasteiger partial charge in [0.05, 0.1) is 19.8 Å². The smallest absolute Gasteiger partial charge is 0.324 e. The summed E-state index contributed by atoms with van der Waals surface area (Å²) in [5, 5.41) is 7.03. The Morgan fingerprint density at radius 3 is 2.65 bits per heavy atom. The van der Waals surface area contributed by atoms with Gasteiger partial charge in [0.2, 0.25) is 11.8 Å². The molecule has 234 valence electrons. The highest BCUT2D eigenvalue weighted by atomic mass is 19.1. The van der Waals surface area contributed by atoms with Crippen LogP contribution in [0.3, 0.4) is 0 Å². The highest BCUT2D eigenvalue weighted by molar-refractivity contribution is 5.82. The minimum Gasteiger partial charge on any atom is -0.490 e.